The molecule has 0 saturated carbocycles. The summed E-state index contributed by atoms with van der Waals surface area (Å²) < 4.78 is 0. The highest BCUT2D eigenvalue weighted by Crippen LogP contribution is 2.24. The van der Waals surface area contributed by atoms with Gasteiger partial charge in [0.05, 0.1) is 0 Å². The van der Waals surface area contributed by atoms with Crippen LogP contribution in [0.25, 0.3) is 0 Å². The highest BCUT2D eigenvalue weighted by atomic mass is 15.0. The van der Waals surface area contributed by atoms with Crippen LogP contribution in [-0.2, 0) is 0 Å². The molecule has 12 heavy (non-hydrogen) atoms. The largest absolute Gasteiger partial charge is 0.329 e. The third-order valence-electron chi connectivity index (χ3n) is 2.81. The molecule has 66 valence electrons. The Hall–Kier alpha value is -0.600. The monoisotopic (exact) mass is 164 g/mol. The molecular weight excluding hydrogens is 148 g/mol. The van der Waals surface area contributed by atoms with Crippen LogP contribution in [0, 0.1) is 5.92 Å². The van der Waals surface area contributed by atoms with Gasteiger partial charge in [0.25, 0.3) is 0 Å². The first kappa shape index (κ1) is 8.02. The molecule has 2 aliphatic rings. The molecule has 2 heteroatoms. The maximum absolute atomic E-state index is 5.62. The first-order valence-electron chi connectivity index (χ1n) is 4.71. The van der Waals surface area contributed by atoms with E-state index in [1.54, 1.807) is 0 Å². The Morgan fingerprint density at radius 2 is 2.08 bits per heavy atom. The predicted octanol–water partition coefficient (Wildman–Crippen LogP) is 0.808. The summed E-state index contributed by atoms with van der Waals surface area (Å²) >= 11 is 0. The number of nitrogens with two attached hydrogens (primary N) is 1. The molecule has 0 radical (unpaired) electrons. The molecule has 0 bridgehead atoms. The third kappa shape index (κ3) is 1.45. The van der Waals surface area contributed by atoms with Crippen LogP contribution in [0.3, 0.4) is 0 Å². The molecule has 0 aromatic carbocycles. The lowest BCUT2D eigenvalue weighted by Gasteiger charge is -2.35. The van der Waals surface area contributed by atoms with Crippen molar-refractivity contribution in [3.05, 3.63) is 24.3 Å². The molecule has 1 aliphatic heterocycles. The highest BCUT2D eigenvalue weighted by molar-refractivity contribution is 5.18. The van der Waals surface area contributed by atoms with Crippen LogP contribution in [-0.4, -0.2) is 18.6 Å². The first-order chi connectivity index (χ1) is 5.90. The van der Waals surface area contributed by atoms with Crippen LogP contribution >= 0.6 is 0 Å². The lowest BCUT2D eigenvalue weighted by Crippen LogP contribution is -2.49. The highest BCUT2D eigenvalue weighted by Gasteiger charge is 2.26. The lowest BCUT2D eigenvalue weighted by atomic mass is 9.85. The van der Waals surface area contributed by atoms with Crippen LogP contribution in [0.1, 0.15) is 12.8 Å². The molecule has 0 amide bonds. The van der Waals surface area contributed by atoms with E-state index in [9.17, 15) is 0 Å². The number of rotatable bonds is 1. The Labute approximate surface area is 73.5 Å². The Balaban J connectivity index is 2.00. The fourth-order valence-electron chi connectivity index (χ4n) is 2.04. The van der Waals surface area contributed by atoms with Crippen molar-refractivity contribution in [3.8, 4) is 0 Å². The maximum atomic E-state index is 5.62. The lowest BCUT2D eigenvalue weighted by molar-refractivity contribution is 0.303. The summed E-state index contributed by atoms with van der Waals surface area (Å²) in [5.74, 6) is 0.706. The minimum Gasteiger partial charge on any atom is -0.329 e. The summed E-state index contributed by atoms with van der Waals surface area (Å²) in [6.07, 6.45) is 11.3. The van der Waals surface area contributed by atoms with Crippen LogP contribution in [0.2, 0.25) is 0 Å². The van der Waals surface area contributed by atoms with Gasteiger partial charge in [-0.1, -0.05) is 24.3 Å². The average molecular weight is 164 g/mol. The molecule has 1 saturated heterocycles. The smallest absolute Gasteiger partial charge is 0.0319 e. The van der Waals surface area contributed by atoms with Gasteiger partial charge in [-0.15, -0.1) is 0 Å². The van der Waals surface area contributed by atoms with Crippen LogP contribution in [0.5, 0.6) is 0 Å². The first-order valence-corrected chi connectivity index (χ1v) is 4.71. The molecule has 0 aromatic rings. The fraction of sp³-hybridized carbons (Fsp3) is 0.600. The zero-order valence-corrected chi connectivity index (χ0v) is 7.24. The van der Waals surface area contributed by atoms with E-state index in [1.807, 2.05) is 0 Å². The van der Waals surface area contributed by atoms with Crippen molar-refractivity contribution in [1.82, 2.24) is 5.32 Å². The van der Waals surface area contributed by atoms with Gasteiger partial charge in [-0.05, 0) is 18.8 Å². The standard InChI is InChI=1S/C10H16N2/c11-7-9-6-5-8-3-1-2-4-10(8)12-9/h1-4,8-10,12H,5-7,11H2. The minimum absolute atomic E-state index is 0.530. The molecule has 1 aliphatic carbocycles. The Bertz CT molecular complexity index is 208. The van der Waals surface area contributed by atoms with E-state index in [2.05, 4.69) is 29.6 Å². The molecule has 0 aromatic heterocycles. The summed E-state index contributed by atoms with van der Waals surface area (Å²) in [6.45, 7) is 0.765. The van der Waals surface area contributed by atoms with Gasteiger partial charge in [0, 0.05) is 18.6 Å². The Morgan fingerprint density at radius 3 is 2.92 bits per heavy atom. The molecule has 3 atom stereocenters. The molecule has 1 fully saturated rings. The zero-order chi connectivity index (χ0) is 8.39. The average Bonchev–Trinajstić information content (AvgIpc) is 2.17. The van der Waals surface area contributed by atoms with E-state index in [0.29, 0.717) is 18.0 Å². The van der Waals surface area contributed by atoms with Gasteiger partial charge in [-0.2, -0.15) is 0 Å². The molecule has 1 heterocycles. The Kier molecular flexibility index (Phi) is 2.28. The maximum Gasteiger partial charge on any atom is 0.0319 e. The van der Waals surface area contributed by atoms with E-state index < -0.39 is 0 Å². The van der Waals surface area contributed by atoms with Gasteiger partial charge in [0.2, 0.25) is 0 Å². The summed E-state index contributed by atoms with van der Waals surface area (Å²) in [5.41, 5.74) is 5.62. The second kappa shape index (κ2) is 3.42. The van der Waals surface area contributed by atoms with Gasteiger partial charge in [-0.25, -0.2) is 0 Å². The number of fused-ring (bicyclic) bond motifs is 1. The van der Waals surface area contributed by atoms with Gasteiger partial charge in [0.1, 0.15) is 0 Å². The second-order valence-electron chi connectivity index (χ2n) is 3.64. The van der Waals surface area contributed by atoms with E-state index in [-0.39, 0.29) is 0 Å². The van der Waals surface area contributed by atoms with Crippen LogP contribution in [0.15, 0.2) is 24.3 Å². The number of hydrogen-bond donors (Lipinski definition) is 2. The van der Waals surface area contributed by atoms with Crippen molar-refractivity contribution in [3.63, 3.8) is 0 Å². The Morgan fingerprint density at radius 1 is 1.25 bits per heavy atom. The number of hydrogen-bond acceptors (Lipinski definition) is 2. The fourth-order valence-corrected chi connectivity index (χ4v) is 2.04. The SMILES string of the molecule is NCC1CCC2C=CC=CC2N1. The van der Waals surface area contributed by atoms with Gasteiger partial charge >= 0.3 is 0 Å². The molecule has 2 nitrogen and oxygen atoms in total. The van der Waals surface area contributed by atoms with Crippen molar-refractivity contribution in [2.45, 2.75) is 24.9 Å². The van der Waals surface area contributed by atoms with Crippen molar-refractivity contribution in [2.24, 2.45) is 11.7 Å². The van der Waals surface area contributed by atoms with Crippen molar-refractivity contribution >= 4 is 0 Å². The molecule has 0 spiro atoms. The van der Waals surface area contributed by atoms with Crippen molar-refractivity contribution in [1.29, 1.82) is 0 Å². The van der Waals surface area contributed by atoms with Crippen LogP contribution in [0.4, 0.5) is 0 Å². The number of nitrogens with one attached hydrogen (secondary N) is 1. The van der Waals surface area contributed by atoms with E-state index >= 15 is 0 Å². The summed E-state index contributed by atoms with van der Waals surface area (Å²) in [6, 6.07) is 1.07. The molecule has 3 unspecified atom stereocenters. The van der Waals surface area contributed by atoms with Crippen molar-refractivity contribution < 1.29 is 0 Å². The van der Waals surface area contributed by atoms with Crippen LogP contribution < -0.4 is 11.1 Å². The number of allylic oxidation sites excluding steroid dienone is 2. The van der Waals surface area contributed by atoms with E-state index in [0.717, 1.165) is 6.54 Å². The minimum atomic E-state index is 0.530. The van der Waals surface area contributed by atoms with Crippen molar-refractivity contribution in [2.75, 3.05) is 6.54 Å². The number of piperidine rings is 1. The molecule has 3 N–H and O–H groups in total. The predicted molar refractivity (Wildman–Crippen MR) is 50.8 cm³/mol. The molecule has 2 rings (SSSR count). The zero-order valence-electron chi connectivity index (χ0n) is 7.24. The van der Waals surface area contributed by atoms with Gasteiger partial charge in [-0.3, -0.25) is 0 Å². The summed E-state index contributed by atoms with van der Waals surface area (Å²) in [5, 5.41) is 3.54. The summed E-state index contributed by atoms with van der Waals surface area (Å²) in [4.78, 5) is 0. The second-order valence-corrected chi connectivity index (χ2v) is 3.64. The quantitative estimate of drug-likeness (QED) is 0.602. The summed E-state index contributed by atoms with van der Waals surface area (Å²) in [7, 11) is 0. The topological polar surface area (TPSA) is 38.0 Å². The normalized spacial score (nSPS) is 39.6. The third-order valence-corrected chi connectivity index (χ3v) is 2.81. The van der Waals surface area contributed by atoms with Gasteiger partial charge < -0.3 is 11.1 Å². The van der Waals surface area contributed by atoms with Gasteiger partial charge in [0.15, 0.2) is 0 Å². The van der Waals surface area contributed by atoms with E-state index in [4.69, 9.17) is 5.73 Å². The molecular formula is C10H16N2. The van der Waals surface area contributed by atoms with E-state index in [1.165, 1.54) is 12.8 Å².